The minimum atomic E-state index is -0.0141. The van der Waals surface area contributed by atoms with E-state index in [0.29, 0.717) is 10.8 Å². The van der Waals surface area contributed by atoms with Gasteiger partial charge in [0.25, 0.3) is 0 Å². The first-order valence-electron chi connectivity index (χ1n) is 8.59. The molecule has 4 unspecified atom stereocenters. The second kappa shape index (κ2) is 4.71. The summed E-state index contributed by atoms with van der Waals surface area (Å²) in [7, 11) is 0. The summed E-state index contributed by atoms with van der Waals surface area (Å²) in [6.07, 6.45) is 9.16. The summed E-state index contributed by atoms with van der Waals surface area (Å²) in [6.45, 7) is 9.54. The standard InChI is InChI=1S/C18H32O2/c1-13(11-19)20-18-8-5-7-17(4,12-18)9-6-14-15(18)10-16(14,2)3/h13-15,19H,5-12H2,1-4H3/t13-,14?,15?,17?,18?/m1/s1. The van der Waals surface area contributed by atoms with Crippen LogP contribution in [0.15, 0.2) is 0 Å². The Kier molecular flexibility index (Phi) is 3.49. The molecule has 3 fully saturated rings. The van der Waals surface area contributed by atoms with Crippen LogP contribution in [0.4, 0.5) is 0 Å². The minimum Gasteiger partial charge on any atom is -0.394 e. The Balaban J connectivity index is 1.91. The maximum absolute atomic E-state index is 9.44. The predicted molar refractivity (Wildman–Crippen MR) is 81.6 cm³/mol. The van der Waals surface area contributed by atoms with Crippen LogP contribution in [0.5, 0.6) is 0 Å². The van der Waals surface area contributed by atoms with Crippen molar-refractivity contribution in [3.05, 3.63) is 0 Å². The summed E-state index contributed by atoms with van der Waals surface area (Å²) in [5.41, 5.74) is 1.03. The molecule has 0 heterocycles. The maximum atomic E-state index is 9.44. The molecular weight excluding hydrogens is 248 g/mol. The van der Waals surface area contributed by atoms with Gasteiger partial charge >= 0.3 is 0 Å². The van der Waals surface area contributed by atoms with Gasteiger partial charge in [-0.1, -0.05) is 27.2 Å². The van der Waals surface area contributed by atoms with Crippen molar-refractivity contribution in [3.63, 3.8) is 0 Å². The van der Waals surface area contributed by atoms with Crippen molar-refractivity contribution in [2.45, 2.75) is 84.3 Å². The van der Waals surface area contributed by atoms with Crippen LogP contribution in [0.3, 0.4) is 0 Å². The van der Waals surface area contributed by atoms with Crippen LogP contribution >= 0.6 is 0 Å². The molecule has 2 nitrogen and oxygen atoms in total. The lowest BCUT2D eigenvalue weighted by atomic mass is 9.49. The van der Waals surface area contributed by atoms with Gasteiger partial charge in [-0.3, -0.25) is 0 Å². The van der Waals surface area contributed by atoms with Crippen molar-refractivity contribution >= 4 is 0 Å². The molecule has 20 heavy (non-hydrogen) atoms. The van der Waals surface area contributed by atoms with Gasteiger partial charge < -0.3 is 9.84 Å². The Labute approximate surface area is 124 Å². The zero-order valence-corrected chi connectivity index (χ0v) is 13.7. The molecule has 3 aliphatic rings. The number of aliphatic hydroxyl groups is 1. The molecule has 0 spiro atoms. The highest BCUT2D eigenvalue weighted by molar-refractivity contribution is 5.11. The van der Waals surface area contributed by atoms with Crippen LogP contribution < -0.4 is 0 Å². The molecule has 0 saturated heterocycles. The monoisotopic (exact) mass is 280 g/mol. The molecule has 1 N–H and O–H groups in total. The highest BCUT2D eigenvalue weighted by Gasteiger charge is 2.61. The zero-order chi connectivity index (χ0) is 14.6. The van der Waals surface area contributed by atoms with Gasteiger partial charge in [0.1, 0.15) is 0 Å². The van der Waals surface area contributed by atoms with Gasteiger partial charge in [-0.2, -0.15) is 0 Å². The predicted octanol–water partition coefficient (Wildman–Crippen LogP) is 4.16. The first-order valence-corrected chi connectivity index (χ1v) is 8.59. The van der Waals surface area contributed by atoms with E-state index in [1.165, 1.54) is 44.9 Å². The molecule has 0 radical (unpaired) electrons. The minimum absolute atomic E-state index is 0.0141. The molecule has 0 aromatic carbocycles. The Morgan fingerprint density at radius 2 is 1.90 bits per heavy atom. The summed E-state index contributed by atoms with van der Waals surface area (Å²) in [5, 5.41) is 9.44. The molecule has 2 heteroatoms. The Bertz CT molecular complexity index is 378. The van der Waals surface area contributed by atoms with Crippen molar-refractivity contribution in [3.8, 4) is 0 Å². The molecule has 3 aliphatic carbocycles. The number of hydrogen-bond acceptors (Lipinski definition) is 2. The highest BCUT2D eigenvalue weighted by atomic mass is 16.5. The van der Waals surface area contributed by atoms with Crippen LogP contribution in [0.2, 0.25) is 0 Å². The fourth-order valence-corrected chi connectivity index (χ4v) is 5.76. The maximum Gasteiger partial charge on any atom is 0.0785 e. The third kappa shape index (κ3) is 2.23. The Morgan fingerprint density at radius 1 is 1.15 bits per heavy atom. The Morgan fingerprint density at radius 3 is 2.55 bits per heavy atom. The van der Waals surface area contributed by atoms with Gasteiger partial charge in [-0.25, -0.2) is 0 Å². The third-order valence-corrected chi connectivity index (χ3v) is 6.77. The van der Waals surface area contributed by atoms with Gasteiger partial charge in [-0.05, 0) is 68.1 Å². The van der Waals surface area contributed by atoms with Crippen LogP contribution in [-0.2, 0) is 4.74 Å². The van der Waals surface area contributed by atoms with E-state index in [0.717, 1.165) is 11.8 Å². The molecular formula is C18H32O2. The fraction of sp³-hybridized carbons (Fsp3) is 1.00. The third-order valence-electron chi connectivity index (χ3n) is 6.77. The number of ether oxygens (including phenoxy) is 1. The van der Waals surface area contributed by atoms with Crippen molar-refractivity contribution in [2.75, 3.05) is 6.61 Å². The molecule has 3 rings (SSSR count). The van der Waals surface area contributed by atoms with Gasteiger partial charge in [0.05, 0.1) is 18.3 Å². The first kappa shape index (κ1) is 14.8. The summed E-state index contributed by atoms with van der Waals surface area (Å²) >= 11 is 0. The number of aliphatic hydroxyl groups excluding tert-OH is 1. The van der Waals surface area contributed by atoms with E-state index in [4.69, 9.17) is 4.74 Å². The van der Waals surface area contributed by atoms with Crippen LogP contribution in [0.1, 0.15) is 72.6 Å². The van der Waals surface area contributed by atoms with Crippen LogP contribution in [-0.4, -0.2) is 23.4 Å². The van der Waals surface area contributed by atoms with Gasteiger partial charge in [-0.15, -0.1) is 0 Å². The van der Waals surface area contributed by atoms with Gasteiger partial charge in [0.15, 0.2) is 0 Å². The van der Waals surface area contributed by atoms with Gasteiger partial charge in [0, 0.05) is 0 Å². The number of fused-ring (bicyclic) bond motifs is 4. The van der Waals surface area contributed by atoms with E-state index in [-0.39, 0.29) is 18.3 Å². The summed E-state index contributed by atoms with van der Waals surface area (Å²) in [4.78, 5) is 0. The lowest BCUT2D eigenvalue weighted by Gasteiger charge is -2.60. The second-order valence-corrected chi connectivity index (χ2v) is 8.96. The second-order valence-electron chi connectivity index (χ2n) is 8.96. The molecule has 116 valence electrons. The normalized spacial score (nSPS) is 47.9. The summed E-state index contributed by atoms with van der Waals surface area (Å²) in [6, 6.07) is 0. The summed E-state index contributed by atoms with van der Waals surface area (Å²) < 4.78 is 6.52. The van der Waals surface area contributed by atoms with E-state index >= 15 is 0 Å². The smallest absolute Gasteiger partial charge is 0.0785 e. The average Bonchev–Trinajstić information content (AvgIpc) is 2.41. The van der Waals surface area contributed by atoms with E-state index in [1.807, 2.05) is 6.92 Å². The SMILES string of the molecule is C[C@H](CO)OC12CCCC(C)(CCC3C1CC3(C)C)C2. The van der Waals surface area contributed by atoms with E-state index in [1.54, 1.807) is 0 Å². The number of rotatable bonds is 3. The Hall–Kier alpha value is -0.0800. The van der Waals surface area contributed by atoms with E-state index in [2.05, 4.69) is 20.8 Å². The molecule has 0 aromatic rings. The van der Waals surface area contributed by atoms with E-state index < -0.39 is 0 Å². The average molecular weight is 280 g/mol. The molecule has 0 aliphatic heterocycles. The van der Waals surface area contributed by atoms with Crippen molar-refractivity contribution in [2.24, 2.45) is 22.7 Å². The quantitative estimate of drug-likeness (QED) is 0.841. The lowest BCUT2D eigenvalue weighted by molar-refractivity contribution is -0.215. The van der Waals surface area contributed by atoms with E-state index in [9.17, 15) is 5.11 Å². The first-order chi connectivity index (χ1) is 9.30. The van der Waals surface area contributed by atoms with Crippen molar-refractivity contribution in [1.82, 2.24) is 0 Å². The summed E-state index contributed by atoms with van der Waals surface area (Å²) in [5.74, 6) is 1.56. The molecule has 0 amide bonds. The van der Waals surface area contributed by atoms with Gasteiger partial charge in [0.2, 0.25) is 0 Å². The topological polar surface area (TPSA) is 29.5 Å². The zero-order valence-electron chi connectivity index (χ0n) is 13.7. The number of hydrogen-bond donors (Lipinski definition) is 1. The van der Waals surface area contributed by atoms with Crippen molar-refractivity contribution in [1.29, 1.82) is 0 Å². The molecule has 5 atom stereocenters. The largest absolute Gasteiger partial charge is 0.394 e. The fourth-order valence-electron chi connectivity index (χ4n) is 5.76. The molecule has 0 aromatic heterocycles. The molecule has 2 bridgehead atoms. The molecule has 3 saturated carbocycles. The van der Waals surface area contributed by atoms with Crippen molar-refractivity contribution < 1.29 is 9.84 Å². The van der Waals surface area contributed by atoms with Crippen LogP contribution in [0, 0.1) is 22.7 Å². The highest BCUT2D eigenvalue weighted by Crippen LogP contribution is 2.65. The lowest BCUT2D eigenvalue weighted by Crippen LogP contribution is -2.58. The van der Waals surface area contributed by atoms with Crippen LogP contribution in [0.25, 0.3) is 0 Å².